The van der Waals surface area contributed by atoms with E-state index in [-0.39, 0.29) is 6.10 Å². The van der Waals surface area contributed by atoms with Gasteiger partial charge in [-0.3, -0.25) is 0 Å². The molecule has 0 aromatic carbocycles. The highest BCUT2D eigenvalue weighted by atomic mass is 16.3. The summed E-state index contributed by atoms with van der Waals surface area (Å²) in [5.41, 5.74) is 4.73. The SMILES string of the molecule is CCCCC1=CC2=C(CC(O)CC2)C(C)C1. The topological polar surface area (TPSA) is 20.2 Å². The van der Waals surface area contributed by atoms with Crippen molar-refractivity contribution in [3.8, 4) is 0 Å². The average molecular weight is 220 g/mol. The van der Waals surface area contributed by atoms with Crippen LogP contribution in [0.25, 0.3) is 0 Å². The number of aliphatic hydroxyl groups is 1. The van der Waals surface area contributed by atoms with Crippen molar-refractivity contribution >= 4 is 0 Å². The standard InChI is InChI=1S/C15H24O/c1-3-4-5-12-8-11(2)15-10-14(16)7-6-13(15)9-12/h9,11,14,16H,3-8,10H2,1-2H3. The summed E-state index contributed by atoms with van der Waals surface area (Å²) in [5, 5.41) is 9.72. The third-order valence-corrected chi connectivity index (χ3v) is 4.01. The predicted octanol–water partition coefficient (Wildman–Crippen LogP) is 3.98. The first-order valence-electron chi connectivity index (χ1n) is 6.80. The van der Waals surface area contributed by atoms with E-state index < -0.39 is 0 Å². The molecule has 2 aliphatic carbocycles. The number of aliphatic hydroxyl groups excluding tert-OH is 1. The van der Waals surface area contributed by atoms with Gasteiger partial charge in [0.05, 0.1) is 6.10 Å². The van der Waals surface area contributed by atoms with E-state index in [1.165, 1.54) is 25.7 Å². The van der Waals surface area contributed by atoms with E-state index in [4.69, 9.17) is 0 Å². The van der Waals surface area contributed by atoms with Gasteiger partial charge < -0.3 is 5.11 Å². The third kappa shape index (κ3) is 2.57. The number of hydrogen-bond donors (Lipinski definition) is 1. The summed E-state index contributed by atoms with van der Waals surface area (Å²) in [6.07, 6.45) is 10.5. The fraction of sp³-hybridized carbons (Fsp3) is 0.733. The van der Waals surface area contributed by atoms with Crippen LogP contribution in [0.4, 0.5) is 0 Å². The maximum absolute atomic E-state index is 9.72. The summed E-state index contributed by atoms with van der Waals surface area (Å²) in [4.78, 5) is 0. The Hall–Kier alpha value is -0.560. The molecule has 0 aromatic heterocycles. The lowest BCUT2D eigenvalue weighted by Crippen LogP contribution is -2.20. The second-order valence-electron chi connectivity index (χ2n) is 5.46. The predicted molar refractivity (Wildman–Crippen MR) is 68.3 cm³/mol. The van der Waals surface area contributed by atoms with E-state index in [9.17, 15) is 5.11 Å². The van der Waals surface area contributed by atoms with Crippen molar-refractivity contribution in [3.05, 3.63) is 22.8 Å². The van der Waals surface area contributed by atoms with Crippen molar-refractivity contribution in [2.75, 3.05) is 0 Å². The molecule has 2 aliphatic rings. The molecule has 0 aromatic rings. The van der Waals surface area contributed by atoms with Crippen molar-refractivity contribution < 1.29 is 5.11 Å². The summed E-state index contributed by atoms with van der Waals surface area (Å²) in [6, 6.07) is 0. The molecule has 0 fully saturated rings. The zero-order valence-electron chi connectivity index (χ0n) is 10.6. The molecule has 2 rings (SSSR count). The molecule has 1 heteroatoms. The van der Waals surface area contributed by atoms with Crippen molar-refractivity contribution in [1.29, 1.82) is 0 Å². The van der Waals surface area contributed by atoms with E-state index in [1.807, 2.05) is 0 Å². The van der Waals surface area contributed by atoms with Crippen LogP contribution in [0.15, 0.2) is 22.8 Å². The van der Waals surface area contributed by atoms with Crippen LogP contribution in [0, 0.1) is 5.92 Å². The minimum absolute atomic E-state index is 0.0770. The van der Waals surface area contributed by atoms with Crippen LogP contribution in [0.2, 0.25) is 0 Å². The number of allylic oxidation sites excluding steroid dienone is 3. The maximum atomic E-state index is 9.72. The average Bonchev–Trinajstić information content (AvgIpc) is 2.27. The van der Waals surface area contributed by atoms with Gasteiger partial charge in [0.1, 0.15) is 0 Å². The molecule has 0 aliphatic heterocycles. The maximum Gasteiger partial charge on any atom is 0.0580 e. The normalized spacial score (nSPS) is 30.1. The molecule has 90 valence electrons. The largest absolute Gasteiger partial charge is 0.393 e. The highest BCUT2D eigenvalue weighted by Crippen LogP contribution is 2.39. The van der Waals surface area contributed by atoms with Gasteiger partial charge in [-0.05, 0) is 50.0 Å². The Morgan fingerprint density at radius 3 is 2.94 bits per heavy atom. The molecule has 0 saturated heterocycles. The zero-order chi connectivity index (χ0) is 11.5. The van der Waals surface area contributed by atoms with Gasteiger partial charge in [-0.15, -0.1) is 0 Å². The molecule has 2 atom stereocenters. The monoisotopic (exact) mass is 220 g/mol. The van der Waals surface area contributed by atoms with Crippen molar-refractivity contribution in [1.82, 2.24) is 0 Å². The Balaban J connectivity index is 2.11. The molecular formula is C15H24O. The lowest BCUT2D eigenvalue weighted by atomic mass is 9.76. The Morgan fingerprint density at radius 2 is 2.19 bits per heavy atom. The minimum Gasteiger partial charge on any atom is -0.393 e. The van der Waals surface area contributed by atoms with Gasteiger partial charge >= 0.3 is 0 Å². The Bertz CT molecular complexity index is 311. The summed E-state index contributed by atoms with van der Waals surface area (Å²) in [7, 11) is 0. The number of hydrogen-bond acceptors (Lipinski definition) is 1. The summed E-state index contributed by atoms with van der Waals surface area (Å²) >= 11 is 0. The molecule has 2 unspecified atom stereocenters. The van der Waals surface area contributed by atoms with E-state index in [0.29, 0.717) is 5.92 Å². The fourth-order valence-corrected chi connectivity index (χ4v) is 3.05. The van der Waals surface area contributed by atoms with E-state index >= 15 is 0 Å². The summed E-state index contributed by atoms with van der Waals surface area (Å²) in [5.74, 6) is 0.668. The summed E-state index contributed by atoms with van der Waals surface area (Å²) in [6.45, 7) is 4.58. The first-order valence-corrected chi connectivity index (χ1v) is 6.80. The Kier molecular flexibility index (Phi) is 3.86. The summed E-state index contributed by atoms with van der Waals surface area (Å²) < 4.78 is 0. The Morgan fingerprint density at radius 1 is 1.38 bits per heavy atom. The first kappa shape index (κ1) is 11.9. The van der Waals surface area contributed by atoms with Crippen LogP contribution >= 0.6 is 0 Å². The number of rotatable bonds is 3. The minimum atomic E-state index is -0.0770. The molecule has 0 spiro atoms. The molecule has 0 amide bonds. The molecule has 0 saturated carbocycles. The van der Waals surface area contributed by atoms with E-state index in [1.54, 1.807) is 16.7 Å². The van der Waals surface area contributed by atoms with Crippen LogP contribution in [-0.4, -0.2) is 11.2 Å². The van der Waals surface area contributed by atoms with Crippen molar-refractivity contribution in [3.63, 3.8) is 0 Å². The van der Waals surface area contributed by atoms with E-state index in [2.05, 4.69) is 19.9 Å². The van der Waals surface area contributed by atoms with Crippen molar-refractivity contribution in [2.45, 2.75) is 64.9 Å². The molecular weight excluding hydrogens is 196 g/mol. The second kappa shape index (κ2) is 5.18. The fourth-order valence-electron chi connectivity index (χ4n) is 3.05. The van der Waals surface area contributed by atoms with E-state index in [0.717, 1.165) is 19.3 Å². The molecule has 0 radical (unpaired) electrons. The van der Waals surface area contributed by atoms with Gasteiger partial charge in [0.2, 0.25) is 0 Å². The van der Waals surface area contributed by atoms with Crippen LogP contribution < -0.4 is 0 Å². The molecule has 0 heterocycles. The molecule has 0 bridgehead atoms. The highest BCUT2D eigenvalue weighted by Gasteiger charge is 2.25. The Labute approximate surface area is 99.3 Å². The molecule has 1 nitrogen and oxygen atoms in total. The van der Waals surface area contributed by atoms with Gasteiger partial charge in [-0.2, -0.15) is 0 Å². The molecule has 1 N–H and O–H groups in total. The third-order valence-electron chi connectivity index (χ3n) is 4.01. The smallest absolute Gasteiger partial charge is 0.0580 e. The van der Waals surface area contributed by atoms with Crippen LogP contribution in [-0.2, 0) is 0 Å². The second-order valence-corrected chi connectivity index (χ2v) is 5.46. The van der Waals surface area contributed by atoms with Gasteiger partial charge in [-0.1, -0.05) is 37.5 Å². The van der Waals surface area contributed by atoms with Gasteiger partial charge in [-0.25, -0.2) is 0 Å². The van der Waals surface area contributed by atoms with Crippen LogP contribution in [0.1, 0.15) is 58.8 Å². The van der Waals surface area contributed by atoms with Gasteiger partial charge in [0.25, 0.3) is 0 Å². The van der Waals surface area contributed by atoms with Gasteiger partial charge in [0.15, 0.2) is 0 Å². The van der Waals surface area contributed by atoms with Crippen LogP contribution in [0.5, 0.6) is 0 Å². The quantitative estimate of drug-likeness (QED) is 0.762. The first-order chi connectivity index (χ1) is 7.70. The lowest BCUT2D eigenvalue weighted by molar-refractivity contribution is 0.154. The molecule has 16 heavy (non-hydrogen) atoms. The van der Waals surface area contributed by atoms with Crippen LogP contribution in [0.3, 0.4) is 0 Å². The zero-order valence-corrected chi connectivity index (χ0v) is 10.6. The van der Waals surface area contributed by atoms with Crippen molar-refractivity contribution in [2.24, 2.45) is 5.92 Å². The highest BCUT2D eigenvalue weighted by molar-refractivity contribution is 5.37. The van der Waals surface area contributed by atoms with Gasteiger partial charge in [0, 0.05) is 0 Å². The number of unbranched alkanes of at least 4 members (excludes halogenated alkanes) is 1. The lowest BCUT2D eigenvalue weighted by Gasteiger charge is -2.31.